The number of hydrogen-bond donors (Lipinski definition) is 2. The summed E-state index contributed by atoms with van der Waals surface area (Å²) in [4.78, 5) is 16.1. The molecule has 0 aliphatic heterocycles. The van der Waals surface area contributed by atoms with Gasteiger partial charge in [0.2, 0.25) is 0 Å². The molecule has 21 heavy (non-hydrogen) atoms. The monoisotopic (exact) mass is 301 g/mol. The molecule has 0 bridgehead atoms. The molecule has 5 heteroatoms. The molecule has 0 aliphatic rings. The van der Waals surface area contributed by atoms with Gasteiger partial charge in [0.1, 0.15) is 5.54 Å². The van der Waals surface area contributed by atoms with E-state index in [4.69, 9.17) is 0 Å². The Bertz CT molecular complexity index is 306. The second kappa shape index (κ2) is 9.38. The number of hydrogen-bond acceptors (Lipinski definition) is 4. The lowest BCUT2D eigenvalue weighted by Gasteiger charge is -2.32. The van der Waals surface area contributed by atoms with Crippen molar-refractivity contribution in [2.75, 3.05) is 40.3 Å². The molecule has 1 atom stereocenters. The molecule has 0 radical (unpaired) electrons. The lowest BCUT2D eigenvalue weighted by molar-refractivity contribution is -0.145. The average molecular weight is 301 g/mol. The first-order valence-corrected chi connectivity index (χ1v) is 7.95. The van der Waals surface area contributed by atoms with Gasteiger partial charge in [0.25, 0.3) is 0 Å². The summed E-state index contributed by atoms with van der Waals surface area (Å²) in [6, 6.07) is 0.159. The maximum atomic E-state index is 11.6. The summed E-state index contributed by atoms with van der Waals surface area (Å²) in [6.45, 7) is 13.9. The molecule has 0 heterocycles. The number of nitrogens with one attached hydrogen (secondary N) is 1. The second-order valence-corrected chi connectivity index (χ2v) is 7.18. The van der Waals surface area contributed by atoms with Gasteiger partial charge in [-0.25, -0.2) is 0 Å². The van der Waals surface area contributed by atoms with Crippen molar-refractivity contribution in [3.63, 3.8) is 0 Å². The minimum Gasteiger partial charge on any atom is -0.480 e. The highest BCUT2D eigenvalue weighted by molar-refractivity contribution is 5.78. The first kappa shape index (κ1) is 20.3. The van der Waals surface area contributed by atoms with Crippen LogP contribution in [0.5, 0.6) is 0 Å². The Morgan fingerprint density at radius 1 is 1.14 bits per heavy atom. The Morgan fingerprint density at radius 2 is 1.71 bits per heavy atom. The van der Waals surface area contributed by atoms with Crippen LogP contribution in [-0.4, -0.2) is 72.7 Å². The van der Waals surface area contributed by atoms with Gasteiger partial charge in [-0.2, -0.15) is 0 Å². The molecule has 0 aromatic rings. The zero-order valence-corrected chi connectivity index (χ0v) is 14.9. The minimum atomic E-state index is -0.860. The van der Waals surface area contributed by atoms with Crippen LogP contribution in [0.2, 0.25) is 0 Å². The topological polar surface area (TPSA) is 55.8 Å². The lowest BCUT2D eigenvalue weighted by Crippen LogP contribution is -2.54. The number of aliphatic carboxylic acids is 1. The summed E-state index contributed by atoms with van der Waals surface area (Å²) in [5.41, 5.74) is -0.860. The maximum absolute atomic E-state index is 11.6. The number of carboxylic acid groups (broad SMARTS) is 1. The summed E-state index contributed by atoms with van der Waals surface area (Å²) in [5, 5.41) is 12.7. The molecule has 1 unspecified atom stereocenters. The fraction of sp³-hybridized carbons (Fsp3) is 0.938. The van der Waals surface area contributed by atoms with Crippen LogP contribution in [0.15, 0.2) is 0 Å². The van der Waals surface area contributed by atoms with Gasteiger partial charge in [-0.1, -0.05) is 13.8 Å². The van der Waals surface area contributed by atoms with Gasteiger partial charge in [0, 0.05) is 32.2 Å². The quantitative estimate of drug-likeness (QED) is 0.609. The Kier molecular flexibility index (Phi) is 9.09. The number of carboxylic acids is 1. The molecular weight excluding hydrogens is 266 g/mol. The minimum absolute atomic E-state index is 0.159. The van der Waals surface area contributed by atoms with Crippen molar-refractivity contribution >= 4 is 5.97 Å². The van der Waals surface area contributed by atoms with Gasteiger partial charge in [0.15, 0.2) is 0 Å². The normalized spacial score (nSPS) is 15.2. The fourth-order valence-corrected chi connectivity index (χ4v) is 2.41. The van der Waals surface area contributed by atoms with E-state index in [9.17, 15) is 9.90 Å². The molecule has 0 aromatic heterocycles. The van der Waals surface area contributed by atoms with Crippen LogP contribution in [0.3, 0.4) is 0 Å². The molecule has 0 amide bonds. The van der Waals surface area contributed by atoms with Gasteiger partial charge in [0.05, 0.1) is 0 Å². The predicted molar refractivity (Wildman–Crippen MR) is 88.8 cm³/mol. The molecule has 0 fully saturated rings. The van der Waals surface area contributed by atoms with E-state index in [0.717, 1.165) is 26.2 Å². The van der Waals surface area contributed by atoms with Crippen LogP contribution in [-0.2, 0) is 4.79 Å². The van der Waals surface area contributed by atoms with Crippen molar-refractivity contribution in [3.8, 4) is 0 Å². The van der Waals surface area contributed by atoms with Gasteiger partial charge >= 0.3 is 5.97 Å². The molecule has 0 aliphatic carbocycles. The van der Waals surface area contributed by atoms with Crippen LogP contribution >= 0.6 is 0 Å². The fourth-order valence-electron chi connectivity index (χ4n) is 2.41. The second-order valence-electron chi connectivity index (χ2n) is 7.18. The maximum Gasteiger partial charge on any atom is 0.323 e. The zero-order valence-electron chi connectivity index (χ0n) is 14.9. The van der Waals surface area contributed by atoms with Crippen molar-refractivity contribution in [2.45, 2.75) is 52.6 Å². The van der Waals surface area contributed by atoms with Crippen LogP contribution in [0.25, 0.3) is 0 Å². The number of likely N-dealkylation sites (N-methyl/N-ethyl adjacent to an activating group) is 1. The standard InChI is InChI=1S/C16H35N3O2/c1-13(2)12-19(11-10-18(6)7)9-8-16(5,15(20)21)17-14(3)4/h13-14,17H,8-12H2,1-7H3,(H,20,21). The summed E-state index contributed by atoms with van der Waals surface area (Å²) >= 11 is 0. The van der Waals surface area contributed by atoms with Crippen molar-refractivity contribution in [1.29, 1.82) is 0 Å². The lowest BCUT2D eigenvalue weighted by atomic mass is 9.96. The number of rotatable bonds is 11. The predicted octanol–water partition coefficient (Wildman–Crippen LogP) is 1.74. The van der Waals surface area contributed by atoms with E-state index in [1.54, 1.807) is 6.92 Å². The Balaban J connectivity index is 4.62. The van der Waals surface area contributed by atoms with Crippen LogP contribution in [0.4, 0.5) is 0 Å². The Labute approximate surface area is 130 Å². The molecule has 0 aromatic carbocycles. The largest absolute Gasteiger partial charge is 0.480 e. The first-order valence-electron chi connectivity index (χ1n) is 7.95. The Hall–Kier alpha value is -0.650. The van der Waals surface area contributed by atoms with E-state index in [0.29, 0.717) is 12.3 Å². The van der Waals surface area contributed by atoms with E-state index in [1.165, 1.54) is 0 Å². The van der Waals surface area contributed by atoms with E-state index in [-0.39, 0.29) is 6.04 Å². The van der Waals surface area contributed by atoms with Crippen molar-refractivity contribution in [2.24, 2.45) is 5.92 Å². The third-order valence-corrected chi connectivity index (χ3v) is 3.49. The molecule has 126 valence electrons. The molecule has 2 N–H and O–H groups in total. The highest BCUT2D eigenvalue weighted by Gasteiger charge is 2.33. The molecule has 0 saturated carbocycles. The average Bonchev–Trinajstić information content (AvgIpc) is 2.30. The summed E-state index contributed by atoms with van der Waals surface area (Å²) in [5.74, 6) is -0.186. The zero-order chi connectivity index (χ0) is 16.6. The van der Waals surface area contributed by atoms with Crippen molar-refractivity contribution in [3.05, 3.63) is 0 Å². The third kappa shape index (κ3) is 9.06. The summed E-state index contributed by atoms with van der Waals surface area (Å²) in [7, 11) is 4.13. The van der Waals surface area contributed by atoms with E-state index in [2.05, 4.69) is 43.1 Å². The van der Waals surface area contributed by atoms with Gasteiger partial charge in [-0.15, -0.1) is 0 Å². The number of carbonyl (C=O) groups is 1. The Morgan fingerprint density at radius 3 is 2.10 bits per heavy atom. The SMILES string of the molecule is CC(C)CN(CCN(C)C)CCC(C)(NC(C)C)C(=O)O. The molecule has 0 rings (SSSR count). The van der Waals surface area contributed by atoms with Crippen molar-refractivity contribution < 1.29 is 9.90 Å². The van der Waals surface area contributed by atoms with Gasteiger partial charge in [-0.05, 0) is 47.2 Å². The van der Waals surface area contributed by atoms with Gasteiger partial charge < -0.3 is 14.9 Å². The molecule has 5 nitrogen and oxygen atoms in total. The van der Waals surface area contributed by atoms with Gasteiger partial charge in [-0.3, -0.25) is 10.1 Å². The molecule has 0 spiro atoms. The summed E-state index contributed by atoms with van der Waals surface area (Å²) in [6.07, 6.45) is 0.612. The highest BCUT2D eigenvalue weighted by Crippen LogP contribution is 2.13. The molecular formula is C16H35N3O2. The van der Waals surface area contributed by atoms with E-state index in [1.807, 2.05) is 13.8 Å². The van der Waals surface area contributed by atoms with Crippen LogP contribution in [0.1, 0.15) is 41.0 Å². The van der Waals surface area contributed by atoms with Crippen LogP contribution < -0.4 is 5.32 Å². The smallest absolute Gasteiger partial charge is 0.323 e. The summed E-state index contributed by atoms with van der Waals surface area (Å²) < 4.78 is 0. The molecule has 0 saturated heterocycles. The van der Waals surface area contributed by atoms with E-state index < -0.39 is 11.5 Å². The number of nitrogens with zero attached hydrogens (tertiary/aromatic N) is 2. The first-order chi connectivity index (χ1) is 9.56. The third-order valence-electron chi connectivity index (χ3n) is 3.49. The van der Waals surface area contributed by atoms with Crippen LogP contribution in [0, 0.1) is 5.92 Å². The van der Waals surface area contributed by atoms with E-state index >= 15 is 0 Å². The van der Waals surface area contributed by atoms with Crippen molar-refractivity contribution in [1.82, 2.24) is 15.1 Å². The highest BCUT2D eigenvalue weighted by atomic mass is 16.4.